The van der Waals surface area contributed by atoms with Crippen molar-refractivity contribution >= 4 is 10.0 Å². The van der Waals surface area contributed by atoms with Crippen molar-refractivity contribution in [2.24, 2.45) is 0 Å². The molecule has 5 nitrogen and oxygen atoms in total. The summed E-state index contributed by atoms with van der Waals surface area (Å²) in [5.41, 5.74) is 0.602. The molecule has 0 saturated heterocycles. The maximum absolute atomic E-state index is 11.6. The van der Waals surface area contributed by atoms with E-state index in [1.54, 1.807) is 6.92 Å². The summed E-state index contributed by atoms with van der Waals surface area (Å²) in [4.78, 5) is 0.151. The first-order valence-corrected chi connectivity index (χ1v) is 6.63. The minimum absolute atomic E-state index is 0.151. The Morgan fingerprint density at radius 1 is 1.41 bits per heavy atom. The molecular formula is C11H14N2O3S. The topological polar surface area (TPSA) is 90.2 Å². The van der Waals surface area contributed by atoms with Crippen molar-refractivity contribution in [2.75, 3.05) is 13.2 Å². The molecule has 0 saturated carbocycles. The number of nitriles is 1. The lowest BCUT2D eigenvalue weighted by Crippen LogP contribution is -2.23. The van der Waals surface area contributed by atoms with Gasteiger partial charge >= 0.3 is 0 Å². The van der Waals surface area contributed by atoms with Crippen LogP contribution >= 0.6 is 0 Å². The summed E-state index contributed by atoms with van der Waals surface area (Å²) in [7, 11) is -3.46. The van der Waals surface area contributed by atoms with Crippen molar-refractivity contribution in [3.8, 4) is 6.07 Å². The summed E-state index contributed by atoms with van der Waals surface area (Å²) in [5, 5.41) is 17.7. The molecule has 0 spiro atoms. The lowest BCUT2D eigenvalue weighted by Gasteiger charge is -2.08. The SMILES string of the molecule is CCNS(=O)(=O)c1ccc(C(C#N)CO)cc1. The second kappa shape index (κ2) is 5.77. The molecule has 1 aromatic carbocycles. The van der Waals surface area contributed by atoms with Crippen LogP contribution in [0.5, 0.6) is 0 Å². The van der Waals surface area contributed by atoms with Crippen LogP contribution in [-0.4, -0.2) is 26.7 Å². The summed E-state index contributed by atoms with van der Waals surface area (Å²) in [5.74, 6) is -0.620. The van der Waals surface area contributed by atoms with Crippen molar-refractivity contribution in [3.05, 3.63) is 29.8 Å². The molecule has 0 aliphatic rings. The first kappa shape index (κ1) is 13.6. The van der Waals surface area contributed by atoms with E-state index < -0.39 is 15.9 Å². The normalized spacial score (nSPS) is 13.0. The van der Waals surface area contributed by atoms with Crippen molar-refractivity contribution in [3.63, 3.8) is 0 Å². The minimum atomic E-state index is -3.46. The van der Waals surface area contributed by atoms with Crippen LogP contribution in [0, 0.1) is 11.3 Å². The first-order valence-electron chi connectivity index (χ1n) is 5.15. The maximum atomic E-state index is 11.6. The quantitative estimate of drug-likeness (QED) is 0.804. The zero-order valence-electron chi connectivity index (χ0n) is 9.42. The number of hydrogen-bond donors (Lipinski definition) is 2. The monoisotopic (exact) mass is 254 g/mol. The number of hydrogen-bond acceptors (Lipinski definition) is 4. The van der Waals surface area contributed by atoms with Crippen molar-refractivity contribution in [2.45, 2.75) is 17.7 Å². The fraction of sp³-hybridized carbons (Fsp3) is 0.364. The average Bonchev–Trinajstić information content (AvgIpc) is 2.31. The molecule has 0 aliphatic heterocycles. The van der Waals surface area contributed by atoms with Gasteiger partial charge in [-0.3, -0.25) is 0 Å². The average molecular weight is 254 g/mol. The third-order valence-corrected chi connectivity index (χ3v) is 3.83. The van der Waals surface area contributed by atoms with E-state index in [9.17, 15) is 8.42 Å². The van der Waals surface area contributed by atoms with Crippen LogP contribution < -0.4 is 4.72 Å². The summed E-state index contributed by atoms with van der Waals surface area (Å²) in [6.45, 7) is 1.74. The second-order valence-electron chi connectivity index (χ2n) is 3.43. The van der Waals surface area contributed by atoms with Gasteiger partial charge in [0, 0.05) is 6.54 Å². The van der Waals surface area contributed by atoms with Crippen LogP contribution in [0.25, 0.3) is 0 Å². The van der Waals surface area contributed by atoms with Gasteiger partial charge in [0.25, 0.3) is 0 Å². The van der Waals surface area contributed by atoms with Crippen molar-refractivity contribution < 1.29 is 13.5 Å². The number of benzene rings is 1. The molecule has 0 fully saturated rings. The Morgan fingerprint density at radius 3 is 2.41 bits per heavy atom. The Labute approximate surface area is 101 Å². The minimum Gasteiger partial charge on any atom is -0.395 e. The van der Waals surface area contributed by atoms with Gasteiger partial charge in [0.2, 0.25) is 10.0 Å². The molecule has 1 rings (SSSR count). The van der Waals surface area contributed by atoms with E-state index in [2.05, 4.69) is 4.72 Å². The van der Waals surface area contributed by atoms with Gasteiger partial charge < -0.3 is 5.11 Å². The Kier molecular flexibility index (Phi) is 4.63. The van der Waals surface area contributed by atoms with Gasteiger partial charge in [0.15, 0.2) is 0 Å². The van der Waals surface area contributed by atoms with E-state index in [0.29, 0.717) is 12.1 Å². The molecule has 0 amide bonds. The zero-order chi connectivity index (χ0) is 12.9. The molecule has 17 heavy (non-hydrogen) atoms. The van der Waals surface area contributed by atoms with E-state index in [4.69, 9.17) is 10.4 Å². The number of aliphatic hydroxyl groups is 1. The number of aliphatic hydroxyl groups excluding tert-OH is 1. The predicted octanol–water partition coefficient (Wildman–Crippen LogP) is 0.584. The zero-order valence-corrected chi connectivity index (χ0v) is 10.2. The Morgan fingerprint density at radius 2 is 2.00 bits per heavy atom. The van der Waals surface area contributed by atoms with Gasteiger partial charge in [0.1, 0.15) is 0 Å². The molecule has 0 aliphatic carbocycles. The van der Waals surface area contributed by atoms with Crippen LogP contribution in [0.3, 0.4) is 0 Å². The number of sulfonamides is 1. The van der Waals surface area contributed by atoms with Gasteiger partial charge in [-0.05, 0) is 17.7 Å². The standard InChI is InChI=1S/C11H14N2O3S/c1-2-13-17(15,16)11-5-3-9(4-6-11)10(7-12)8-14/h3-6,10,13-14H,2,8H2,1H3. The largest absolute Gasteiger partial charge is 0.395 e. The van der Waals surface area contributed by atoms with Crippen LogP contribution in [0.15, 0.2) is 29.2 Å². The molecule has 1 aromatic rings. The highest BCUT2D eigenvalue weighted by atomic mass is 32.2. The Hall–Kier alpha value is -1.42. The van der Waals surface area contributed by atoms with Crippen molar-refractivity contribution in [1.29, 1.82) is 5.26 Å². The highest BCUT2D eigenvalue weighted by Crippen LogP contribution is 2.17. The number of rotatable bonds is 5. The maximum Gasteiger partial charge on any atom is 0.240 e. The van der Waals surface area contributed by atoms with E-state index in [1.807, 2.05) is 6.07 Å². The van der Waals surface area contributed by atoms with Gasteiger partial charge in [0.05, 0.1) is 23.5 Å². The Balaban J connectivity index is 3.01. The number of nitrogens with zero attached hydrogens (tertiary/aromatic N) is 1. The molecule has 0 bridgehead atoms. The fourth-order valence-electron chi connectivity index (χ4n) is 1.37. The van der Waals surface area contributed by atoms with E-state index in [1.165, 1.54) is 24.3 Å². The fourth-order valence-corrected chi connectivity index (χ4v) is 2.41. The predicted molar refractivity (Wildman–Crippen MR) is 62.7 cm³/mol. The van der Waals surface area contributed by atoms with Crippen LogP contribution in [0.4, 0.5) is 0 Å². The molecule has 0 heterocycles. The van der Waals surface area contributed by atoms with E-state index >= 15 is 0 Å². The lowest BCUT2D eigenvalue weighted by atomic mass is 10.0. The highest BCUT2D eigenvalue weighted by molar-refractivity contribution is 7.89. The second-order valence-corrected chi connectivity index (χ2v) is 5.20. The lowest BCUT2D eigenvalue weighted by molar-refractivity contribution is 0.286. The molecule has 92 valence electrons. The van der Waals surface area contributed by atoms with Gasteiger partial charge in [-0.1, -0.05) is 19.1 Å². The van der Waals surface area contributed by atoms with Crippen LogP contribution in [0.1, 0.15) is 18.4 Å². The Bertz CT molecular complexity index is 503. The molecule has 2 N–H and O–H groups in total. The van der Waals surface area contributed by atoms with E-state index in [0.717, 1.165) is 0 Å². The van der Waals surface area contributed by atoms with E-state index in [-0.39, 0.29) is 11.5 Å². The summed E-state index contributed by atoms with van der Waals surface area (Å²) < 4.78 is 25.6. The molecule has 0 aromatic heterocycles. The molecular weight excluding hydrogens is 240 g/mol. The highest BCUT2D eigenvalue weighted by Gasteiger charge is 2.14. The third-order valence-electron chi connectivity index (χ3n) is 2.27. The van der Waals surface area contributed by atoms with Gasteiger partial charge in [-0.15, -0.1) is 0 Å². The van der Waals surface area contributed by atoms with Gasteiger partial charge in [-0.2, -0.15) is 5.26 Å². The van der Waals surface area contributed by atoms with Crippen LogP contribution in [-0.2, 0) is 10.0 Å². The molecule has 0 radical (unpaired) electrons. The molecule has 6 heteroatoms. The van der Waals surface area contributed by atoms with Gasteiger partial charge in [-0.25, -0.2) is 13.1 Å². The first-order chi connectivity index (χ1) is 8.05. The summed E-state index contributed by atoms with van der Waals surface area (Å²) in [6, 6.07) is 7.86. The summed E-state index contributed by atoms with van der Waals surface area (Å²) in [6.07, 6.45) is 0. The van der Waals surface area contributed by atoms with Crippen molar-refractivity contribution in [1.82, 2.24) is 4.72 Å². The molecule has 1 unspecified atom stereocenters. The van der Waals surface area contributed by atoms with Crippen LogP contribution in [0.2, 0.25) is 0 Å². The number of nitrogens with one attached hydrogen (secondary N) is 1. The molecule has 1 atom stereocenters. The summed E-state index contributed by atoms with van der Waals surface area (Å²) >= 11 is 0. The smallest absolute Gasteiger partial charge is 0.240 e. The third kappa shape index (κ3) is 3.27.